The lowest BCUT2D eigenvalue weighted by molar-refractivity contribution is -0.143. The van der Waals surface area contributed by atoms with Gasteiger partial charge in [-0.1, -0.05) is 42.8 Å². The molecule has 0 spiro atoms. The maximum absolute atomic E-state index is 14.1. The second-order valence-electron chi connectivity index (χ2n) is 7.45. The lowest BCUT2D eigenvalue weighted by Gasteiger charge is -2.32. The van der Waals surface area contributed by atoms with Gasteiger partial charge >= 0.3 is 6.18 Å². The quantitative estimate of drug-likeness (QED) is 0.609. The minimum Gasteiger partial charge on any atom is -0.369 e. The van der Waals surface area contributed by atoms with E-state index in [4.69, 9.17) is 11.6 Å². The van der Waals surface area contributed by atoms with Gasteiger partial charge in [-0.2, -0.15) is 13.2 Å². The second kappa shape index (κ2) is 8.88. The average molecular weight is 476 g/mol. The summed E-state index contributed by atoms with van der Waals surface area (Å²) in [6, 6.07) is 10.1. The van der Waals surface area contributed by atoms with Crippen molar-refractivity contribution in [2.24, 2.45) is 0 Å². The molecule has 1 atom stereocenters. The zero-order valence-electron chi connectivity index (χ0n) is 17.3. The zero-order valence-corrected chi connectivity index (χ0v) is 18.8. The molecule has 1 unspecified atom stereocenters. The molecule has 3 rings (SSSR count). The molecule has 1 heterocycles. The Morgan fingerprint density at radius 1 is 1.13 bits per heavy atom. The predicted molar refractivity (Wildman–Crippen MR) is 118 cm³/mol. The molecule has 10 heteroatoms. The smallest absolute Gasteiger partial charge is 0.369 e. The largest absolute Gasteiger partial charge is 0.428 e. The van der Waals surface area contributed by atoms with E-state index in [0.29, 0.717) is 6.42 Å². The van der Waals surface area contributed by atoms with Crippen molar-refractivity contribution in [1.29, 1.82) is 0 Å². The molecular weight excluding hydrogens is 451 g/mol. The molecule has 2 N–H and O–H groups in total. The number of anilines is 2. The standard InChI is InChI=1S/C21H25ClF3N3O2S/c1-3-16-14-17(8-9-19(16)28-12-10-26-11-13-28)27-31(29,30)20(22,21(23,24)25)18-7-5-4-6-15(18)2/h4-9,14,26-27H,3,10-13H2,1-2H3. The third-order valence-electron chi connectivity index (χ3n) is 5.40. The van der Waals surface area contributed by atoms with Gasteiger partial charge in [0.1, 0.15) is 0 Å². The van der Waals surface area contributed by atoms with Crippen LogP contribution in [0.25, 0.3) is 0 Å². The van der Waals surface area contributed by atoms with Gasteiger partial charge in [0, 0.05) is 43.1 Å². The first kappa shape index (κ1) is 23.7. The number of benzene rings is 2. The second-order valence-corrected chi connectivity index (χ2v) is 10.1. The van der Waals surface area contributed by atoms with Crippen molar-refractivity contribution in [3.05, 3.63) is 59.2 Å². The summed E-state index contributed by atoms with van der Waals surface area (Å²) in [4.78, 5) is 2.17. The number of nitrogens with zero attached hydrogens (tertiary/aromatic N) is 1. The summed E-state index contributed by atoms with van der Waals surface area (Å²) in [5.74, 6) is 0. The fourth-order valence-corrected chi connectivity index (χ4v) is 5.48. The van der Waals surface area contributed by atoms with E-state index in [1.54, 1.807) is 12.1 Å². The average Bonchev–Trinajstić information content (AvgIpc) is 2.73. The Balaban J connectivity index is 2.00. The molecule has 1 saturated heterocycles. The van der Waals surface area contributed by atoms with Crippen molar-refractivity contribution in [3.8, 4) is 0 Å². The number of hydrogen-bond acceptors (Lipinski definition) is 4. The predicted octanol–water partition coefficient (Wildman–Crippen LogP) is 4.36. The van der Waals surface area contributed by atoms with E-state index in [2.05, 4.69) is 14.9 Å². The van der Waals surface area contributed by atoms with E-state index in [1.807, 2.05) is 6.92 Å². The minimum atomic E-state index is -5.25. The van der Waals surface area contributed by atoms with Crippen LogP contribution in [0.15, 0.2) is 42.5 Å². The van der Waals surface area contributed by atoms with Crippen LogP contribution in [-0.2, 0) is 20.7 Å². The van der Waals surface area contributed by atoms with Gasteiger partial charge in [-0.15, -0.1) is 0 Å². The number of halogens is 4. The molecule has 170 valence electrons. The molecule has 1 fully saturated rings. The molecular formula is C21H25ClF3N3O2S. The Hall–Kier alpha value is -1.97. The molecule has 2 aromatic rings. The van der Waals surface area contributed by atoms with Gasteiger partial charge in [0.2, 0.25) is 0 Å². The van der Waals surface area contributed by atoms with E-state index in [1.165, 1.54) is 31.2 Å². The first-order valence-electron chi connectivity index (χ1n) is 9.94. The van der Waals surface area contributed by atoms with Gasteiger partial charge in [-0.05, 0) is 42.7 Å². The highest BCUT2D eigenvalue weighted by Crippen LogP contribution is 2.50. The van der Waals surface area contributed by atoms with Crippen LogP contribution >= 0.6 is 11.6 Å². The maximum Gasteiger partial charge on any atom is 0.428 e. The Kier molecular flexibility index (Phi) is 6.78. The van der Waals surface area contributed by atoms with Gasteiger partial charge < -0.3 is 10.2 Å². The summed E-state index contributed by atoms with van der Waals surface area (Å²) >= 11 is 5.92. The van der Waals surface area contributed by atoms with Crippen LogP contribution in [0.2, 0.25) is 0 Å². The summed E-state index contributed by atoms with van der Waals surface area (Å²) < 4.78 is 66.7. The molecule has 1 aliphatic heterocycles. The monoisotopic (exact) mass is 475 g/mol. The van der Waals surface area contributed by atoms with Crippen LogP contribution in [0, 0.1) is 6.92 Å². The fraction of sp³-hybridized carbons (Fsp3) is 0.429. The number of hydrogen-bond donors (Lipinski definition) is 2. The van der Waals surface area contributed by atoms with Crippen molar-refractivity contribution < 1.29 is 21.6 Å². The highest BCUT2D eigenvalue weighted by atomic mass is 35.5. The van der Waals surface area contributed by atoms with Crippen LogP contribution in [0.5, 0.6) is 0 Å². The first-order chi connectivity index (χ1) is 14.5. The number of alkyl halides is 4. The van der Waals surface area contributed by atoms with Crippen molar-refractivity contribution >= 4 is 33.0 Å². The molecule has 0 aromatic heterocycles. The number of aryl methyl sites for hydroxylation is 2. The summed E-state index contributed by atoms with van der Waals surface area (Å²) in [6.45, 7) is 6.55. The molecule has 0 saturated carbocycles. The third-order valence-corrected chi connectivity index (χ3v) is 8.12. The van der Waals surface area contributed by atoms with Crippen molar-refractivity contribution in [1.82, 2.24) is 5.32 Å². The lowest BCUT2D eigenvalue weighted by atomic mass is 10.1. The van der Waals surface area contributed by atoms with E-state index < -0.39 is 26.0 Å². The number of nitrogens with one attached hydrogen (secondary N) is 2. The van der Waals surface area contributed by atoms with E-state index in [0.717, 1.165) is 43.5 Å². The molecule has 5 nitrogen and oxygen atoms in total. The topological polar surface area (TPSA) is 61.4 Å². The van der Waals surface area contributed by atoms with Gasteiger partial charge in [-0.25, -0.2) is 8.42 Å². The number of piperazine rings is 1. The van der Waals surface area contributed by atoms with E-state index in [9.17, 15) is 21.6 Å². The van der Waals surface area contributed by atoms with E-state index in [-0.39, 0.29) is 11.3 Å². The van der Waals surface area contributed by atoms with Gasteiger partial charge in [0.25, 0.3) is 14.2 Å². The van der Waals surface area contributed by atoms with Gasteiger partial charge in [0.15, 0.2) is 0 Å². The lowest BCUT2D eigenvalue weighted by Crippen LogP contribution is -2.47. The van der Waals surface area contributed by atoms with Crippen LogP contribution in [0.3, 0.4) is 0 Å². The Labute approximate surface area is 185 Å². The molecule has 1 aliphatic rings. The Bertz CT molecular complexity index is 1040. The molecule has 0 bridgehead atoms. The fourth-order valence-electron chi connectivity index (χ4n) is 3.76. The van der Waals surface area contributed by atoms with Gasteiger partial charge in [0.05, 0.1) is 0 Å². The summed E-state index contributed by atoms with van der Waals surface area (Å²) in [7, 11) is -5.10. The molecule has 2 aromatic carbocycles. The minimum absolute atomic E-state index is 0.0404. The summed E-state index contributed by atoms with van der Waals surface area (Å²) in [5.41, 5.74) is 1.43. The molecule has 0 amide bonds. The molecule has 0 aliphatic carbocycles. The summed E-state index contributed by atoms with van der Waals surface area (Å²) in [6.07, 6.45) is -4.65. The Morgan fingerprint density at radius 2 is 1.77 bits per heavy atom. The van der Waals surface area contributed by atoms with Crippen LogP contribution in [0.4, 0.5) is 24.5 Å². The highest BCUT2D eigenvalue weighted by molar-refractivity contribution is 7.95. The third kappa shape index (κ3) is 4.49. The summed E-state index contributed by atoms with van der Waals surface area (Å²) in [5, 5.41) is 3.26. The normalized spacial score (nSPS) is 17.3. The molecule has 0 radical (unpaired) electrons. The maximum atomic E-state index is 14.1. The number of sulfonamides is 1. The van der Waals surface area contributed by atoms with Crippen LogP contribution < -0.4 is 14.9 Å². The van der Waals surface area contributed by atoms with Crippen molar-refractivity contribution in [2.45, 2.75) is 30.7 Å². The van der Waals surface area contributed by atoms with Crippen LogP contribution in [0.1, 0.15) is 23.6 Å². The van der Waals surface area contributed by atoms with Crippen molar-refractivity contribution in [2.75, 3.05) is 35.8 Å². The van der Waals surface area contributed by atoms with E-state index >= 15 is 0 Å². The number of rotatable bonds is 6. The van der Waals surface area contributed by atoms with Gasteiger partial charge in [-0.3, -0.25) is 4.72 Å². The zero-order chi connectivity index (χ0) is 22.9. The highest BCUT2D eigenvalue weighted by Gasteiger charge is 2.65. The van der Waals surface area contributed by atoms with Crippen molar-refractivity contribution in [3.63, 3.8) is 0 Å². The first-order valence-corrected chi connectivity index (χ1v) is 11.8. The Morgan fingerprint density at radius 3 is 2.35 bits per heavy atom. The molecule has 31 heavy (non-hydrogen) atoms. The van der Waals surface area contributed by atoms with Crippen LogP contribution in [-0.4, -0.2) is 40.8 Å². The SMILES string of the molecule is CCc1cc(NS(=O)(=O)C(Cl)(c2ccccc2C)C(F)(F)F)ccc1N1CCNCC1.